The molecule has 1 aromatic carbocycles. The van der Waals surface area contributed by atoms with E-state index in [-0.39, 0.29) is 9.92 Å². The predicted molar refractivity (Wildman–Crippen MR) is 57.4 cm³/mol. The van der Waals surface area contributed by atoms with Crippen LogP contribution in [-0.4, -0.2) is 8.42 Å². The number of benzene rings is 1. The van der Waals surface area contributed by atoms with Gasteiger partial charge in [-0.05, 0) is 18.6 Å². The van der Waals surface area contributed by atoms with E-state index in [1.165, 1.54) is 21.2 Å². The first kappa shape index (κ1) is 10.3. The molecule has 0 aliphatic carbocycles. The average molecular weight is 317 g/mol. The summed E-state index contributed by atoms with van der Waals surface area (Å²) >= 11 is 7.11. The smallest absolute Gasteiger partial charge is 0.213 e. The van der Waals surface area contributed by atoms with Crippen LogP contribution in [0.2, 0.25) is 5.02 Å². The van der Waals surface area contributed by atoms with Crippen LogP contribution in [0.5, 0.6) is 0 Å². The summed E-state index contributed by atoms with van der Waals surface area (Å²) in [5.41, 5.74) is 0.678. The summed E-state index contributed by atoms with van der Waals surface area (Å²) in [6.45, 7) is 1.72. The van der Waals surface area contributed by atoms with Gasteiger partial charge in [-0.15, -0.1) is 0 Å². The highest BCUT2D eigenvalue weighted by Crippen LogP contribution is 2.28. The fourth-order valence-corrected chi connectivity index (χ4v) is 4.35. The minimum atomic E-state index is -3.23. The maximum atomic E-state index is 11.2. The number of aryl methyl sites for hydroxylation is 1. The largest absolute Gasteiger partial charge is 0.232 e. The molecule has 5 heteroatoms. The lowest BCUT2D eigenvalue weighted by atomic mass is 10.2. The Kier molecular flexibility index (Phi) is 3.01. The van der Waals surface area contributed by atoms with Gasteiger partial charge < -0.3 is 0 Å². The van der Waals surface area contributed by atoms with Gasteiger partial charge in [-0.25, -0.2) is 8.42 Å². The maximum Gasteiger partial charge on any atom is 0.232 e. The summed E-state index contributed by atoms with van der Waals surface area (Å²) in [7, 11) is -3.23. The first-order valence-electron chi connectivity index (χ1n) is 3.12. The van der Waals surface area contributed by atoms with Crippen LogP contribution in [0.4, 0.5) is 0 Å². The average Bonchev–Trinajstić information content (AvgIpc) is 1.82. The van der Waals surface area contributed by atoms with E-state index in [4.69, 9.17) is 11.6 Å². The van der Waals surface area contributed by atoms with Crippen LogP contribution in [0.3, 0.4) is 0 Å². The molecule has 1 aromatic rings. The lowest BCUT2D eigenvalue weighted by molar-refractivity contribution is 0.612. The molecule has 2 nitrogen and oxygen atoms in total. The molecular weight excluding hydrogens is 310 g/mol. The van der Waals surface area contributed by atoms with Crippen molar-refractivity contribution in [2.24, 2.45) is 0 Å². The van der Waals surface area contributed by atoms with Crippen molar-refractivity contribution >= 4 is 39.8 Å². The summed E-state index contributed by atoms with van der Waals surface area (Å²) in [5.74, 6) is 0. The van der Waals surface area contributed by atoms with Gasteiger partial charge >= 0.3 is 0 Å². The van der Waals surface area contributed by atoms with Gasteiger partial charge in [0.1, 0.15) is 0 Å². The third-order valence-electron chi connectivity index (χ3n) is 1.41. The second-order valence-electron chi connectivity index (χ2n) is 2.32. The third kappa shape index (κ3) is 2.11. The Labute approximate surface area is 88.4 Å². The van der Waals surface area contributed by atoms with Crippen LogP contribution in [0.25, 0.3) is 0 Å². The van der Waals surface area contributed by atoms with Crippen molar-refractivity contribution in [3.05, 3.63) is 28.8 Å². The molecule has 0 aliphatic rings. The van der Waals surface area contributed by atoms with E-state index in [0.717, 1.165) is 0 Å². The Morgan fingerprint density at radius 3 is 2.33 bits per heavy atom. The van der Waals surface area contributed by atoms with Crippen molar-refractivity contribution < 1.29 is 8.42 Å². The van der Waals surface area contributed by atoms with E-state index in [9.17, 15) is 8.42 Å². The van der Waals surface area contributed by atoms with E-state index < -0.39 is 7.01 Å². The first-order chi connectivity index (χ1) is 5.43. The van der Waals surface area contributed by atoms with Crippen molar-refractivity contribution in [2.45, 2.75) is 11.8 Å². The van der Waals surface area contributed by atoms with Gasteiger partial charge in [0.05, 0.1) is 31.1 Å². The third-order valence-corrected chi connectivity index (χ3v) is 4.19. The highest BCUT2D eigenvalue weighted by molar-refractivity contribution is 14.2. The molecule has 1 rings (SSSR count). The van der Waals surface area contributed by atoms with Gasteiger partial charge in [0.2, 0.25) is 7.01 Å². The van der Waals surface area contributed by atoms with Crippen molar-refractivity contribution in [1.82, 2.24) is 0 Å². The van der Waals surface area contributed by atoms with Gasteiger partial charge in [-0.2, -0.15) is 0 Å². The molecule has 0 saturated carbocycles. The Morgan fingerprint density at radius 1 is 1.42 bits per heavy atom. The highest BCUT2D eigenvalue weighted by atomic mass is 127. The van der Waals surface area contributed by atoms with Gasteiger partial charge in [0, 0.05) is 0 Å². The molecular formula is C7H6ClIO2S. The second kappa shape index (κ2) is 3.51. The molecule has 0 atom stereocenters. The fraction of sp³-hybridized carbons (Fsp3) is 0.143. The van der Waals surface area contributed by atoms with E-state index in [1.54, 1.807) is 25.1 Å². The molecule has 0 N–H and O–H groups in total. The van der Waals surface area contributed by atoms with Crippen molar-refractivity contribution in [3.63, 3.8) is 0 Å². The lowest BCUT2D eigenvalue weighted by Crippen LogP contribution is -1.94. The molecule has 0 fully saturated rings. The summed E-state index contributed by atoms with van der Waals surface area (Å²) in [6, 6.07) is 5.01. The molecule has 66 valence electrons. The highest BCUT2D eigenvalue weighted by Gasteiger charge is 2.15. The van der Waals surface area contributed by atoms with Gasteiger partial charge in [0.15, 0.2) is 0 Å². The standard InChI is InChI=1S/C7H6ClIO2S/c1-5-3-2-4-6(8)7(5)12(9,10)11/h2-4H,1H3. The lowest BCUT2D eigenvalue weighted by Gasteiger charge is -2.02. The van der Waals surface area contributed by atoms with E-state index >= 15 is 0 Å². The van der Waals surface area contributed by atoms with Crippen LogP contribution in [0, 0.1) is 6.92 Å². The van der Waals surface area contributed by atoms with Gasteiger partial charge in [-0.1, -0.05) is 23.7 Å². The molecule has 0 bridgehead atoms. The summed E-state index contributed by atoms with van der Waals surface area (Å²) in [4.78, 5) is 0.215. The molecule has 0 unspecified atom stereocenters. The van der Waals surface area contributed by atoms with Crippen LogP contribution < -0.4 is 0 Å². The molecule has 0 aliphatic heterocycles. The van der Waals surface area contributed by atoms with Crippen LogP contribution in [0.1, 0.15) is 5.56 Å². The second-order valence-corrected chi connectivity index (χ2v) is 7.49. The molecule has 0 aromatic heterocycles. The van der Waals surface area contributed by atoms with E-state index in [0.29, 0.717) is 5.56 Å². The molecule has 0 radical (unpaired) electrons. The van der Waals surface area contributed by atoms with Crippen molar-refractivity contribution in [1.29, 1.82) is 0 Å². The van der Waals surface area contributed by atoms with Gasteiger partial charge in [0.25, 0.3) is 0 Å². The topological polar surface area (TPSA) is 34.1 Å². The van der Waals surface area contributed by atoms with Crippen LogP contribution in [-0.2, 0) is 7.01 Å². The Balaban J connectivity index is 3.53. The maximum absolute atomic E-state index is 11.2. The summed E-state index contributed by atoms with van der Waals surface area (Å²) in [6.07, 6.45) is 0. The minimum Gasteiger partial charge on any atom is -0.213 e. The van der Waals surface area contributed by atoms with Crippen LogP contribution >= 0.6 is 32.8 Å². The van der Waals surface area contributed by atoms with E-state index in [2.05, 4.69) is 0 Å². The fourth-order valence-electron chi connectivity index (χ4n) is 0.925. The van der Waals surface area contributed by atoms with Gasteiger partial charge in [-0.3, -0.25) is 0 Å². The zero-order chi connectivity index (χ0) is 9.35. The number of hydrogen-bond donors (Lipinski definition) is 0. The van der Waals surface area contributed by atoms with E-state index in [1.807, 2.05) is 0 Å². The van der Waals surface area contributed by atoms with Crippen LogP contribution in [0.15, 0.2) is 23.1 Å². The Hall–Kier alpha value is 0.190. The monoisotopic (exact) mass is 316 g/mol. The SMILES string of the molecule is Cc1cccc(Cl)c1S(=O)(=O)I. The predicted octanol–water partition coefficient (Wildman–Crippen LogP) is 2.77. The summed E-state index contributed by atoms with van der Waals surface area (Å²) < 4.78 is 22.4. The molecule has 0 amide bonds. The zero-order valence-corrected chi connectivity index (χ0v) is 9.94. The molecule has 0 saturated heterocycles. The van der Waals surface area contributed by atoms with Crippen molar-refractivity contribution in [3.8, 4) is 0 Å². The number of rotatable bonds is 1. The zero-order valence-electron chi connectivity index (χ0n) is 6.21. The normalized spacial score (nSPS) is 11.6. The summed E-state index contributed by atoms with van der Waals surface area (Å²) in [5, 5.41) is 0.282. The molecule has 0 spiro atoms. The Morgan fingerprint density at radius 2 is 2.00 bits per heavy atom. The minimum absolute atomic E-state index is 0.215. The van der Waals surface area contributed by atoms with Crippen molar-refractivity contribution in [2.75, 3.05) is 0 Å². The molecule has 12 heavy (non-hydrogen) atoms. The Bertz CT molecular complexity index is 380. The number of hydrogen-bond acceptors (Lipinski definition) is 2. The molecule has 0 heterocycles. The first-order valence-corrected chi connectivity index (χ1v) is 7.53. The quantitative estimate of drug-likeness (QED) is 0.590. The number of halogens is 2.